The van der Waals surface area contributed by atoms with Crippen LogP contribution in [0.4, 0.5) is 0 Å². The molecule has 0 amide bonds. The average Bonchev–Trinajstić information content (AvgIpc) is 3.33. The van der Waals surface area contributed by atoms with Crippen molar-refractivity contribution in [1.82, 2.24) is 0 Å². The van der Waals surface area contributed by atoms with Gasteiger partial charge in [-0.25, -0.2) is 0 Å². The molecule has 2 aliphatic rings. The van der Waals surface area contributed by atoms with Crippen molar-refractivity contribution in [3.63, 3.8) is 0 Å². The van der Waals surface area contributed by atoms with Crippen LogP contribution in [0.5, 0.6) is 23.0 Å². The minimum absolute atomic E-state index is 0.170. The maximum atomic E-state index is 12.3. The number of hydrogen-bond acceptors (Lipinski definition) is 7. The lowest BCUT2D eigenvalue weighted by molar-refractivity contribution is -0.141. The number of carbonyl (C=O) groups is 1. The molecule has 7 heteroatoms. The Morgan fingerprint density at radius 3 is 2.61 bits per heavy atom. The van der Waals surface area contributed by atoms with Gasteiger partial charge in [-0.05, 0) is 41.8 Å². The fraction of sp³-hybridized carbons (Fsp3) is 0.381. The standard InChI is InChI=1S/C21H22O7/c1-24-16-6-4-13(9-18(16)25-2)20(22)15-10-26-21(23)14(15)7-12-3-5-17-19(8-12)28-11-27-17/h3-6,8-9,14-15,20,22H,7,10-11H2,1-2H3/t14-,15+,20-/m1/s1. The van der Waals surface area contributed by atoms with Crippen molar-refractivity contribution in [2.45, 2.75) is 12.5 Å². The van der Waals surface area contributed by atoms with Gasteiger partial charge in [0.15, 0.2) is 23.0 Å². The van der Waals surface area contributed by atoms with Crippen molar-refractivity contribution in [3.8, 4) is 23.0 Å². The zero-order chi connectivity index (χ0) is 19.7. The molecule has 1 fully saturated rings. The fourth-order valence-electron chi connectivity index (χ4n) is 3.73. The van der Waals surface area contributed by atoms with Crippen LogP contribution >= 0.6 is 0 Å². The van der Waals surface area contributed by atoms with E-state index in [0.29, 0.717) is 35.0 Å². The predicted octanol–water partition coefficient (Wildman–Crippen LogP) is 2.50. The Hall–Kier alpha value is -2.93. The number of methoxy groups -OCH3 is 2. The van der Waals surface area contributed by atoms with Crippen LogP contribution < -0.4 is 18.9 Å². The van der Waals surface area contributed by atoms with Gasteiger partial charge in [0.2, 0.25) is 6.79 Å². The summed E-state index contributed by atoms with van der Waals surface area (Å²) >= 11 is 0. The quantitative estimate of drug-likeness (QED) is 0.764. The highest BCUT2D eigenvalue weighted by Crippen LogP contribution is 2.40. The maximum absolute atomic E-state index is 12.3. The number of rotatable bonds is 6. The number of carbonyl (C=O) groups excluding carboxylic acids is 1. The Bertz CT molecular complexity index is 879. The van der Waals surface area contributed by atoms with E-state index in [0.717, 1.165) is 5.56 Å². The third kappa shape index (κ3) is 3.33. The predicted molar refractivity (Wildman–Crippen MR) is 98.7 cm³/mol. The molecule has 0 unspecified atom stereocenters. The number of benzene rings is 2. The van der Waals surface area contributed by atoms with Crippen LogP contribution in [0, 0.1) is 11.8 Å². The molecule has 0 aromatic heterocycles. The molecule has 0 aliphatic carbocycles. The molecule has 7 nitrogen and oxygen atoms in total. The van der Waals surface area contributed by atoms with Crippen LogP contribution in [0.15, 0.2) is 36.4 Å². The van der Waals surface area contributed by atoms with Crippen LogP contribution in [-0.4, -0.2) is 38.7 Å². The van der Waals surface area contributed by atoms with Gasteiger partial charge in [0.25, 0.3) is 0 Å². The summed E-state index contributed by atoms with van der Waals surface area (Å²) in [5, 5.41) is 11.0. The molecule has 148 valence electrons. The summed E-state index contributed by atoms with van der Waals surface area (Å²) in [7, 11) is 3.09. The van der Waals surface area contributed by atoms with E-state index in [2.05, 4.69) is 0 Å². The Labute approximate surface area is 162 Å². The Morgan fingerprint density at radius 1 is 1.04 bits per heavy atom. The van der Waals surface area contributed by atoms with Gasteiger partial charge in [-0.1, -0.05) is 12.1 Å². The van der Waals surface area contributed by atoms with E-state index in [1.54, 1.807) is 32.4 Å². The number of cyclic esters (lactones) is 1. The smallest absolute Gasteiger partial charge is 0.309 e. The van der Waals surface area contributed by atoms with E-state index >= 15 is 0 Å². The molecule has 2 aromatic rings. The van der Waals surface area contributed by atoms with E-state index in [-0.39, 0.29) is 25.3 Å². The molecule has 4 rings (SSSR count). The van der Waals surface area contributed by atoms with Gasteiger partial charge in [-0.2, -0.15) is 0 Å². The van der Waals surface area contributed by atoms with Crippen LogP contribution in [0.2, 0.25) is 0 Å². The van der Waals surface area contributed by atoms with Crippen molar-refractivity contribution >= 4 is 5.97 Å². The Kier molecular flexibility index (Phi) is 5.00. The van der Waals surface area contributed by atoms with Gasteiger partial charge in [0.05, 0.1) is 32.8 Å². The second-order valence-corrected chi connectivity index (χ2v) is 6.85. The first-order valence-corrected chi connectivity index (χ1v) is 9.06. The zero-order valence-electron chi connectivity index (χ0n) is 15.7. The van der Waals surface area contributed by atoms with Crippen molar-refractivity contribution in [2.24, 2.45) is 11.8 Å². The van der Waals surface area contributed by atoms with Crippen molar-refractivity contribution in [2.75, 3.05) is 27.6 Å². The molecule has 2 heterocycles. The molecule has 2 aromatic carbocycles. The molecule has 0 radical (unpaired) electrons. The Balaban J connectivity index is 1.55. The SMILES string of the molecule is COc1ccc([C@@H](O)[C@H]2COC(=O)[C@@H]2Cc2ccc3c(c2)OCO3)cc1OC. The molecular weight excluding hydrogens is 364 g/mol. The number of esters is 1. The summed E-state index contributed by atoms with van der Waals surface area (Å²) in [4.78, 5) is 12.3. The molecule has 28 heavy (non-hydrogen) atoms. The first-order valence-electron chi connectivity index (χ1n) is 9.06. The van der Waals surface area contributed by atoms with Gasteiger partial charge >= 0.3 is 5.97 Å². The molecule has 1 saturated heterocycles. The maximum Gasteiger partial charge on any atom is 0.309 e. The molecule has 2 aliphatic heterocycles. The van der Waals surface area contributed by atoms with Gasteiger partial charge in [-0.15, -0.1) is 0 Å². The topological polar surface area (TPSA) is 83.5 Å². The summed E-state index contributed by atoms with van der Waals surface area (Å²) < 4.78 is 26.6. The third-order valence-corrected chi connectivity index (χ3v) is 5.28. The van der Waals surface area contributed by atoms with Crippen molar-refractivity contribution in [1.29, 1.82) is 0 Å². The summed E-state index contributed by atoms with van der Waals surface area (Å²) in [6.45, 7) is 0.370. The van der Waals surface area contributed by atoms with Gasteiger partial charge in [0, 0.05) is 5.92 Å². The fourth-order valence-corrected chi connectivity index (χ4v) is 3.73. The summed E-state index contributed by atoms with van der Waals surface area (Å²) in [5.41, 5.74) is 1.58. The molecule has 1 N–H and O–H groups in total. The molecular formula is C21H22O7. The summed E-state index contributed by atoms with van der Waals surface area (Å²) in [6, 6.07) is 10.8. The highest BCUT2D eigenvalue weighted by molar-refractivity contribution is 5.75. The van der Waals surface area contributed by atoms with Crippen LogP contribution in [0.25, 0.3) is 0 Å². The van der Waals surface area contributed by atoms with E-state index in [1.807, 2.05) is 18.2 Å². The van der Waals surface area contributed by atoms with E-state index in [1.165, 1.54) is 0 Å². The summed E-state index contributed by atoms with van der Waals surface area (Å²) in [5.74, 6) is 1.34. The molecule has 0 saturated carbocycles. The minimum atomic E-state index is -0.870. The summed E-state index contributed by atoms with van der Waals surface area (Å²) in [6.07, 6.45) is -0.421. The first kappa shape index (κ1) is 18.4. The number of fused-ring (bicyclic) bond motifs is 1. The van der Waals surface area contributed by atoms with Crippen LogP contribution in [0.3, 0.4) is 0 Å². The normalized spacial score (nSPS) is 21.3. The Morgan fingerprint density at radius 2 is 1.82 bits per heavy atom. The first-order chi connectivity index (χ1) is 13.6. The van der Waals surface area contributed by atoms with E-state index < -0.39 is 12.0 Å². The third-order valence-electron chi connectivity index (χ3n) is 5.28. The second-order valence-electron chi connectivity index (χ2n) is 6.85. The molecule has 3 atom stereocenters. The highest BCUT2D eigenvalue weighted by atomic mass is 16.7. The lowest BCUT2D eigenvalue weighted by Gasteiger charge is -2.22. The average molecular weight is 386 g/mol. The van der Waals surface area contributed by atoms with Crippen molar-refractivity contribution in [3.05, 3.63) is 47.5 Å². The van der Waals surface area contributed by atoms with Crippen LogP contribution in [-0.2, 0) is 16.0 Å². The zero-order valence-corrected chi connectivity index (χ0v) is 15.7. The van der Waals surface area contributed by atoms with Gasteiger partial charge < -0.3 is 28.8 Å². The van der Waals surface area contributed by atoms with E-state index in [9.17, 15) is 9.90 Å². The second kappa shape index (κ2) is 7.59. The highest BCUT2D eigenvalue weighted by Gasteiger charge is 2.41. The van der Waals surface area contributed by atoms with E-state index in [4.69, 9.17) is 23.7 Å². The number of hydrogen-bond donors (Lipinski definition) is 1. The molecule has 0 bridgehead atoms. The van der Waals surface area contributed by atoms with Gasteiger partial charge in [-0.3, -0.25) is 4.79 Å². The van der Waals surface area contributed by atoms with Crippen LogP contribution in [0.1, 0.15) is 17.2 Å². The minimum Gasteiger partial charge on any atom is -0.493 e. The largest absolute Gasteiger partial charge is 0.493 e. The lowest BCUT2D eigenvalue weighted by Crippen LogP contribution is -2.24. The molecule has 0 spiro atoms. The van der Waals surface area contributed by atoms with Crippen molar-refractivity contribution < 1.29 is 33.6 Å². The lowest BCUT2D eigenvalue weighted by atomic mass is 9.83. The van der Waals surface area contributed by atoms with Gasteiger partial charge in [0.1, 0.15) is 0 Å². The number of ether oxygens (including phenoxy) is 5. The number of aliphatic hydroxyl groups excluding tert-OH is 1. The monoisotopic (exact) mass is 386 g/mol. The number of aliphatic hydroxyl groups is 1.